The van der Waals surface area contributed by atoms with Crippen LogP contribution in [0.5, 0.6) is 0 Å². The van der Waals surface area contributed by atoms with Gasteiger partial charge in [0.2, 0.25) is 0 Å². The first-order valence-electron chi connectivity index (χ1n) is 9.01. The molecule has 0 spiro atoms. The van der Waals surface area contributed by atoms with Crippen molar-refractivity contribution in [1.82, 2.24) is 9.97 Å². The van der Waals surface area contributed by atoms with Crippen LogP contribution in [0.1, 0.15) is 47.0 Å². The van der Waals surface area contributed by atoms with Gasteiger partial charge in [0.15, 0.2) is 11.6 Å². The van der Waals surface area contributed by atoms with Crippen molar-refractivity contribution in [2.45, 2.75) is 53.0 Å². The van der Waals surface area contributed by atoms with Crippen molar-refractivity contribution in [2.24, 2.45) is 10.8 Å². The number of nitrogens with zero attached hydrogens (tertiary/aromatic N) is 4. The van der Waals surface area contributed by atoms with E-state index in [4.69, 9.17) is 5.73 Å². The summed E-state index contributed by atoms with van der Waals surface area (Å²) in [5.41, 5.74) is 7.81. The molecule has 2 atom stereocenters. The number of hydrogen-bond acceptors (Lipinski definition) is 6. The third kappa shape index (κ3) is 3.04. The van der Waals surface area contributed by atoms with Crippen molar-refractivity contribution in [1.29, 1.82) is 0 Å². The molecule has 1 aliphatic heterocycles. The van der Waals surface area contributed by atoms with Gasteiger partial charge in [-0.1, -0.05) is 20.8 Å². The predicted octanol–water partition coefficient (Wildman–Crippen LogP) is 2.28. The topological polar surface area (TPSA) is 78.5 Å². The Morgan fingerprint density at radius 3 is 2.75 bits per heavy atom. The summed E-state index contributed by atoms with van der Waals surface area (Å²) >= 11 is 0. The number of aliphatic hydroxyl groups excluding tert-OH is 1. The van der Waals surface area contributed by atoms with E-state index in [0.717, 1.165) is 24.7 Å². The van der Waals surface area contributed by atoms with Crippen LogP contribution in [0.3, 0.4) is 0 Å². The van der Waals surface area contributed by atoms with Gasteiger partial charge in [-0.2, -0.15) is 0 Å². The predicted molar refractivity (Wildman–Crippen MR) is 98.3 cm³/mol. The lowest BCUT2D eigenvalue weighted by Gasteiger charge is -2.39. The van der Waals surface area contributed by atoms with Gasteiger partial charge in [-0.15, -0.1) is 0 Å². The van der Waals surface area contributed by atoms with E-state index >= 15 is 0 Å². The molecule has 1 saturated heterocycles. The van der Waals surface area contributed by atoms with E-state index in [9.17, 15) is 5.11 Å². The maximum Gasteiger partial charge on any atom is 0.157 e. The van der Waals surface area contributed by atoms with Gasteiger partial charge in [0, 0.05) is 25.7 Å². The molecule has 1 aromatic rings. The highest BCUT2D eigenvalue weighted by Crippen LogP contribution is 2.54. The monoisotopic (exact) mass is 333 g/mol. The van der Waals surface area contributed by atoms with Gasteiger partial charge in [0.1, 0.15) is 12.0 Å². The first kappa shape index (κ1) is 17.3. The minimum Gasteiger partial charge on any atom is -0.395 e. The van der Waals surface area contributed by atoms with Crippen molar-refractivity contribution in [3.8, 4) is 0 Å². The Hall–Kier alpha value is -1.56. The first-order chi connectivity index (χ1) is 11.3. The molecule has 0 amide bonds. The maximum atomic E-state index is 9.28. The Labute approximate surface area is 145 Å². The third-order valence-corrected chi connectivity index (χ3v) is 5.58. The number of anilines is 3. The van der Waals surface area contributed by atoms with Gasteiger partial charge in [-0.3, -0.25) is 0 Å². The molecular formula is C18H31N5O. The lowest BCUT2D eigenvalue weighted by atomic mass is 9.65. The highest BCUT2D eigenvalue weighted by molar-refractivity contribution is 5.76. The fourth-order valence-electron chi connectivity index (χ4n) is 5.10. The number of aromatic nitrogens is 2. The SMILES string of the molecule is CCN(CCO)c1ncnc(N2CC3(C)CC2CC(C)(C)C3)c1N. The van der Waals surface area contributed by atoms with Crippen molar-refractivity contribution in [3.63, 3.8) is 0 Å². The van der Waals surface area contributed by atoms with Crippen LogP contribution in [0.2, 0.25) is 0 Å². The van der Waals surface area contributed by atoms with Gasteiger partial charge in [-0.05, 0) is 37.0 Å². The van der Waals surface area contributed by atoms with Crippen molar-refractivity contribution >= 4 is 17.3 Å². The molecule has 2 aliphatic rings. The molecule has 134 valence electrons. The highest BCUT2D eigenvalue weighted by atomic mass is 16.3. The number of likely N-dealkylation sites (N-methyl/N-ethyl adjacent to an activating group) is 1. The molecule has 0 aromatic carbocycles. The summed E-state index contributed by atoms with van der Waals surface area (Å²) < 4.78 is 0. The van der Waals surface area contributed by atoms with Crippen LogP contribution in [0.25, 0.3) is 0 Å². The zero-order chi connectivity index (χ0) is 17.5. The Morgan fingerprint density at radius 1 is 1.33 bits per heavy atom. The molecular weight excluding hydrogens is 302 g/mol. The standard InChI is InChI=1S/C18H31N5O/c1-5-22(6-7-24)15-14(19)16(21-12-20-15)23-11-18(4)9-13(23)8-17(2,3)10-18/h12-13,24H,5-11,19H2,1-4H3. The van der Waals surface area contributed by atoms with Crippen LogP contribution in [0.4, 0.5) is 17.3 Å². The molecule has 6 heteroatoms. The summed E-state index contributed by atoms with van der Waals surface area (Å²) in [6.45, 7) is 11.6. The molecule has 2 unspecified atom stereocenters. The second kappa shape index (κ2) is 6.06. The molecule has 2 bridgehead atoms. The van der Waals surface area contributed by atoms with Gasteiger partial charge in [-0.25, -0.2) is 9.97 Å². The fourth-order valence-corrected chi connectivity index (χ4v) is 5.10. The number of nitrogens with two attached hydrogens (primary N) is 1. The van der Waals surface area contributed by atoms with Gasteiger partial charge in [0.25, 0.3) is 0 Å². The second-order valence-corrected chi connectivity index (χ2v) is 8.58. The number of fused-ring (bicyclic) bond motifs is 2. The van der Waals surface area contributed by atoms with Gasteiger partial charge >= 0.3 is 0 Å². The number of aliphatic hydroxyl groups is 1. The maximum absolute atomic E-state index is 9.28. The molecule has 2 heterocycles. The second-order valence-electron chi connectivity index (χ2n) is 8.58. The molecule has 3 rings (SSSR count). The average Bonchev–Trinajstić information content (AvgIpc) is 2.74. The molecule has 0 radical (unpaired) electrons. The summed E-state index contributed by atoms with van der Waals surface area (Å²) in [4.78, 5) is 13.3. The summed E-state index contributed by atoms with van der Waals surface area (Å²) in [7, 11) is 0. The number of hydrogen-bond donors (Lipinski definition) is 2. The lowest BCUT2D eigenvalue weighted by Crippen LogP contribution is -2.35. The fraction of sp³-hybridized carbons (Fsp3) is 0.778. The molecule has 1 aliphatic carbocycles. The summed E-state index contributed by atoms with van der Waals surface area (Å²) in [5, 5.41) is 9.28. The van der Waals surface area contributed by atoms with Crippen LogP contribution in [0, 0.1) is 10.8 Å². The zero-order valence-electron chi connectivity index (χ0n) is 15.4. The van der Waals surface area contributed by atoms with E-state index in [1.54, 1.807) is 6.33 Å². The van der Waals surface area contributed by atoms with Crippen molar-refractivity contribution in [3.05, 3.63) is 6.33 Å². The van der Waals surface area contributed by atoms with E-state index < -0.39 is 0 Å². The largest absolute Gasteiger partial charge is 0.395 e. The molecule has 3 N–H and O–H groups in total. The van der Waals surface area contributed by atoms with Crippen LogP contribution in [-0.2, 0) is 0 Å². The Kier molecular flexibility index (Phi) is 4.36. The Bertz CT molecular complexity index is 605. The highest BCUT2D eigenvalue weighted by Gasteiger charge is 2.50. The van der Waals surface area contributed by atoms with Crippen LogP contribution in [0.15, 0.2) is 6.33 Å². The lowest BCUT2D eigenvalue weighted by molar-refractivity contribution is 0.136. The average molecular weight is 333 g/mol. The van der Waals surface area contributed by atoms with Gasteiger partial charge in [0.05, 0.1) is 6.61 Å². The van der Waals surface area contributed by atoms with Crippen molar-refractivity contribution < 1.29 is 5.11 Å². The van der Waals surface area contributed by atoms with Crippen molar-refractivity contribution in [2.75, 3.05) is 41.8 Å². The Morgan fingerprint density at radius 2 is 2.08 bits per heavy atom. The smallest absolute Gasteiger partial charge is 0.157 e. The minimum absolute atomic E-state index is 0.0885. The van der Waals surface area contributed by atoms with E-state index in [1.165, 1.54) is 19.3 Å². The van der Waals surface area contributed by atoms with E-state index in [2.05, 4.69) is 35.6 Å². The quantitative estimate of drug-likeness (QED) is 0.861. The van der Waals surface area contributed by atoms with Gasteiger partial charge < -0.3 is 20.6 Å². The minimum atomic E-state index is 0.0885. The van der Waals surface area contributed by atoms with E-state index in [0.29, 0.717) is 29.1 Å². The first-order valence-corrected chi connectivity index (χ1v) is 9.01. The number of nitrogen functional groups attached to an aromatic ring is 1. The van der Waals surface area contributed by atoms with E-state index in [1.807, 2.05) is 11.8 Å². The molecule has 6 nitrogen and oxygen atoms in total. The third-order valence-electron chi connectivity index (χ3n) is 5.58. The normalized spacial score (nSPS) is 28.2. The molecule has 2 fully saturated rings. The van der Waals surface area contributed by atoms with Crippen LogP contribution in [-0.4, -0.2) is 47.4 Å². The molecule has 1 aromatic heterocycles. The van der Waals surface area contributed by atoms with Crippen LogP contribution >= 0.6 is 0 Å². The van der Waals surface area contributed by atoms with Crippen LogP contribution < -0.4 is 15.5 Å². The van der Waals surface area contributed by atoms with E-state index in [-0.39, 0.29) is 6.61 Å². The summed E-state index contributed by atoms with van der Waals surface area (Å²) in [6, 6.07) is 0.497. The summed E-state index contributed by atoms with van der Waals surface area (Å²) in [5.74, 6) is 1.60. The molecule has 1 saturated carbocycles. The zero-order valence-corrected chi connectivity index (χ0v) is 15.4. The Balaban J connectivity index is 1.93. The molecule has 24 heavy (non-hydrogen) atoms. The number of rotatable bonds is 5. The summed E-state index contributed by atoms with van der Waals surface area (Å²) in [6.07, 6.45) is 5.24.